The summed E-state index contributed by atoms with van der Waals surface area (Å²) in [5.41, 5.74) is 0.767. The molecule has 11 nitrogen and oxygen atoms in total. The second-order valence-electron chi connectivity index (χ2n) is 8.05. The van der Waals surface area contributed by atoms with E-state index in [-0.39, 0.29) is 28.5 Å². The van der Waals surface area contributed by atoms with Gasteiger partial charge in [0.1, 0.15) is 17.1 Å². The van der Waals surface area contributed by atoms with Gasteiger partial charge in [-0.25, -0.2) is 0 Å². The number of anilines is 1. The average Bonchev–Trinajstić information content (AvgIpc) is 2.92. The monoisotopic (exact) mass is 513 g/mol. The van der Waals surface area contributed by atoms with Crippen LogP contribution >= 0.6 is 0 Å². The third-order valence-electron chi connectivity index (χ3n) is 5.61. The SMILES string of the molecule is CCNC(=O)c1ccc(OC)c(N=Nc2c(O)c(C(=O)Nc3ccc([N+](=O)[O-])cc3)cc3ccccc23)c1. The first-order valence-electron chi connectivity index (χ1n) is 11.5. The van der Waals surface area contributed by atoms with Crippen molar-refractivity contribution in [3.8, 4) is 11.5 Å². The van der Waals surface area contributed by atoms with Gasteiger partial charge in [0.15, 0.2) is 5.75 Å². The summed E-state index contributed by atoms with van der Waals surface area (Å²) in [6, 6.07) is 18.5. The molecular weight excluding hydrogens is 490 g/mol. The Morgan fingerprint density at radius 2 is 1.74 bits per heavy atom. The molecule has 4 rings (SSSR count). The molecule has 0 saturated heterocycles. The second-order valence-corrected chi connectivity index (χ2v) is 8.05. The van der Waals surface area contributed by atoms with Gasteiger partial charge in [0.05, 0.1) is 17.6 Å². The maximum absolute atomic E-state index is 13.1. The lowest BCUT2D eigenvalue weighted by Crippen LogP contribution is -2.22. The number of fused-ring (bicyclic) bond motifs is 1. The van der Waals surface area contributed by atoms with Crippen LogP contribution in [0.5, 0.6) is 11.5 Å². The number of aromatic hydroxyl groups is 1. The fourth-order valence-corrected chi connectivity index (χ4v) is 3.73. The van der Waals surface area contributed by atoms with E-state index >= 15 is 0 Å². The number of hydrogen-bond acceptors (Lipinski definition) is 8. The number of benzene rings is 4. The first kappa shape index (κ1) is 25.8. The van der Waals surface area contributed by atoms with E-state index in [2.05, 4.69) is 20.9 Å². The quantitative estimate of drug-likeness (QED) is 0.152. The minimum absolute atomic E-state index is 0.0439. The van der Waals surface area contributed by atoms with E-state index in [0.29, 0.717) is 34.3 Å². The predicted molar refractivity (Wildman–Crippen MR) is 142 cm³/mol. The fourth-order valence-electron chi connectivity index (χ4n) is 3.73. The maximum Gasteiger partial charge on any atom is 0.269 e. The average molecular weight is 514 g/mol. The molecule has 0 aliphatic carbocycles. The molecule has 11 heteroatoms. The number of phenolic OH excluding ortho intramolecular Hbond substituents is 1. The van der Waals surface area contributed by atoms with Crippen molar-refractivity contribution in [1.29, 1.82) is 0 Å². The van der Waals surface area contributed by atoms with Crippen molar-refractivity contribution in [3.63, 3.8) is 0 Å². The summed E-state index contributed by atoms with van der Waals surface area (Å²) in [6.07, 6.45) is 0. The number of phenols is 1. The molecule has 0 aromatic heterocycles. The van der Waals surface area contributed by atoms with Crippen LogP contribution in [0, 0.1) is 10.1 Å². The van der Waals surface area contributed by atoms with Crippen LogP contribution in [-0.2, 0) is 0 Å². The van der Waals surface area contributed by atoms with Gasteiger partial charge in [0.25, 0.3) is 17.5 Å². The van der Waals surface area contributed by atoms with Gasteiger partial charge >= 0.3 is 0 Å². The number of rotatable bonds is 8. The first-order chi connectivity index (χ1) is 18.3. The molecule has 0 fully saturated rings. The Morgan fingerprint density at radius 1 is 1.00 bits per heavy atom. The van der Waals surface area contributed by atoms with Crippen LogP contribution in [0.2, 0.25) is 0 Å². The molecule has 0 aliphatic rings. The number of nitrogens with one attached hydrogen (secondary N) is 2. The van der Waals surface area contributed by atoms with Crippen molar-refractivity contribution < 1.29 is 24.4 Å². The zero-order chi connectivity index (χ0) is 27.2. The smallest absolute Gasteiger partial charge is 0.269 e. The summed E-state index contributed by atoms with van der Waals surface area (Å²) in [6.45, 7) is 2.26. The van der Waals surface area contributed by atoms with Gasteiger partial charge in [-0.2, -0.15) is 0 Å². The van der Waals surface area contributed by atoms with Crippen LogP contribution < -0.4 is 15.4 Å². The molecule has 0 unspecified atom stereocenters. The van der Waals surface area contributed by atoms with E-state index in [1.165, 1.54) is 43.5 Å². The van der Waals surface area contributed by atoms with Gasteiger partial charge in [-0.1, -0.05) is 24.3 Å². The summed E-state index contributed by atoms with van der Waals surface area (Å²) in [5.74, 6) is -0.984. The molecular formula is C27H23N5O6. The molecule has 4 aromatic carbocycles. The van der Waals surface area contributed by atoms with Crippen molar-refractivity contribution in [2.24, 2.45) is 10.2 Å². The summed E-state index contributed by atoms with van der Waals surface area (Å²) < 4.78 is 5.34. The third kappa shape index (κ3) is 5.41. The normalized spacial score (nSPS) is 10.9. The topological polar surface area (TPSA) is 156 Å². The number of methoxy groups -OCH3 is 1. The predicted octanol–water partition coefficient (Wildman–Crippen LogP) is 5.88. The molecule has 0 spiro atoms. The highest BCUT2D eigenvalue weighted by molar-refractivity contribution is 6.11. The Balaban J connectivity index is 1.74. The minimum Gasteiger partial charge on any atom is -0.505 e. The summed E-state index contributed by atoms with van der Waals surface area (Å²) in [5, 5.41) is 36.9. The summed E-state index contributed by atoms with van der Waals surface area (Å²) in [4.78, 5) is 35.7. The highest BCUT2D eigenvalue weighted by Gasteiger charge is 2.19. The Morgan fingerprint density at radius 3 is 2.42 bits per heavy atom. The van der Waals surface area contributed by atoms with Gasteiger partial charge in [-0.15, -0.1) is 10.2 Å². The highest BCUT2D eigenvalue weighted by Crippen LogP contribution is 2.40. The molecule has 4 aromatic rings. The van der Waals surface area contributed by atoms with Crippen LogP contribution in [-0.4, -0.2) is 35.5 Å². The molecule has 0 heterocycles. The molecule has 192 valence electrons. The fraction of sp³-hybridized carbons (Fsp3) is 0.111. The number of non-ortho nitro benzene ring substituents is 1. The first-order valence-corrected chi connectivity index (χ1v) is 11.5. The Bertz CT molecular complexity index is 1570. The Hall–Kier alpha value is -5.32. The van der Waals surface area contributed by atoms with Crippen LogP contribution in [0.3, 0.4) is 0 Å². The van der Waals surface area contributed by atoms with E-state index in [9.17, 15) is 24.8 Å². The van der Waals surface area contributed by atoms with Crippen LogP contribution in [0.25, 0.3) is 10.8 Å². The minimum atomic E-state index is -0.644. The largest absolute Gasteiger partial charge is 0.505 e. The van der Waals surface area contributed by atoms with Crippen molar-refractivity contribution in [3.05, 3.63) is 94.0 Å². The van der Waals surface area contributed by atoms with Crippen LogP contribution in [0.4, 0.5) is 22.7 Å². The van der Waals surface area contributed by atoms with E-state index in [1.807, 2.05) is 0 Å². The van der Waals surface area contributed by atoms with E-state index in [1.54, 1.807) is 43.3 Å². The molecule has 3 N–H and O–H groups in total. The molecule has 0 saturated carbocycles. The maximum atomic E-state index is 13.1. The Labute approximate surface area is 216 Å². The third-order valence-corrected chi connectivity index (χ3v) is 5.61. The second kappa shape index (κ2) is 11.2. The molecule has 0 atom stereocenters. The number of amides is 2. The zero-order valence-corrected chi connectivity index (χ0v) is 20.5. The number of azo groups is 1. The number of ether oxygens (including phenoxy) is 1. The highest BCUT2D eigenvalue weighted by atomic mass is 16.6. The summed E-state index contributed by atoms with van der Waals surface area (Å²) >= 11 is 0. The lowest BCUT2D eigenvalue weighted by Gasteiger charge is -2.11. The standard InChI is InChI=1S/C27H23N5O6/c1-3-28-26(34)17-8-13-23(38-2)22(15-17)30-31-24-20-7-5-4-6-16(20)14-21(25(24)33)27(35)29-18-9-11-19(12-10-18)32(36)37/h4-15,33H,3H2,1-2H3,(H,28,34)(H,29,35). The molecule has 0 bridgehead atoms. The number of nitrogens with zero attached hydrogens (tertiary/aromatic N) is 3. The van der Waals surface area contributed by atoms with Crippen molar-refractivity contribution in [2.45, 2.75) is 6.92 Å². The number of nitro benzene ring substituents is 1. The lowest BCUT2D eigenvalue weighted by atomic mass is 10.0. The summed E-state index contributed by atoms with van der Waals surface area (Å²) in [7, 11) is 1.45. The van der Waals surface area contributed by atoms with Gasteiger partial charge in [0, 0.05) is 35.3 Å². The van der Waals surface area contributed by atoms with E-state index in [0.717, 1.165) is 0 Å². The Kier molecular flexibility index (Phi) is 7.57. The molecule has 38 heavy (non-hydrogen) atoms. The lowest BCUT2D eigenvalue weighted by molar-refractivity contribution is -0.384. The molecule has 0 aliphatic heterocycles. The number of carbonyl (C=O) groups excluding carboxylic acids is 2. The van der Waals surface area contributed by atoms with Gasteiger partial charge in [-0.3, -0.25) is 19.7 Å². The van der Waals surface area contributed by atoms with Crippen molar-refractivity contribution in [2.75, 3.05) is 19.0 Å². The number of hydrogen-bond donors (Lipinski definition) is 3. The van der Waals surface area contributed by atoms with E-state index in [4.69, 9.17) is 4.74 Å². The zero-order valence-electron chi connectivity index (χ0n) is 20.5. The van der Waals surface area contributed by atoms with Crippen LogP contribution in [0.15, 0.2) is 83.0 Å². The number of carbonyl (C=O) groups is 2. The van der Waals surface area contributed by atoms with Gasteiger partial charge in [0.2, 0.25) is 0 Å². The molecule has 0 radical (unpaired) electrons. The molecule has 2 amide bonds. The van der Waals surface area contributed by atoms with Gasteiger partial charge in [-0.05, 0) is 48.7 Å². The van der Waals surface area contributed by atoms with Gasteiger partial charge < -0.3 is 20.5 Å². The van der Waals surface area contributed by atoms with Crippen LogP contribution in [0.1, 0.15) is 27.6 Å². The van der Waals surface area contributed by atoms with Crippen molar-refractivity contribution >= 4 is 45.3 Å². The number of nitro groups is 1. The van der Waals surface area contributed by atoms with Crippen molar-refractivity contribution in [1.82, 2.24) is 5.32 Å². The van der Waals surface area contributed by atoms with E-state index < -0.39 is 16.6 Å².